The lowest BCUT2D eigenvalue weighted by Gasteiger charge is -2.15. The largest absolute Gasteiger partial charge is 0.480 e. The first kappa shape index (κ1) is 16.1. The third-order valence-corrected chi connectivity index (χ3v) is 2.42. The quantitative estimate of drug-likeness (QED) is 0.650. The van der Waals surface area contributed by atoms with E-state index in [-0.39, 0.29) is 5.78 Å². The normalized spacial score (nSPS) is 13.1. The molecule has 0 aliphatic carbocycles. The second kappa shape index (κ2) is 8.23. The maximum Gasteiger partial charge on any atom is 0.320 e. The van der Waals surface area contributed by atoms with Gasteiger partial charge in [-0.15, -0.1) is 0 Å². The minimum atomic E-state index is -0.872. The van der Waals surface area contributed by atoms with Crippen LogP contribution in [0.25, 0.3) is 0 Å². The van der Waals surface area contributed by atoms with E-state index in [0.29, 0.717) is 37.6 Å². The van der Waals surface area contributed by atoms with Gasteiger partial charge >= 0.3 is 5.97 Å². The summed E-state index contributed by atoms with van der Waals surface area (Å²) in [5.41, 5.74) is 0. The van der Waals surface area contributed by atoms with Crippen molar-refractivity contribution in [2.75, 3.05) is 6.54 Å². The fraction of sp³-hybridized carbons (Fsp3) is 0.846. The lowest BCUT2D eigenvalue weighted by Crippen LogP contribution is -2.39. The lowest BCUT2D eigenvalue weighted by molar-refractivity contribution is -0.139. The summed E-state index contributed by atoms with van der Waals surface area (Å²) in [6.07, 6.45) is 1.27. The molecule has 0 aliphatic heterocycles. The molecule has 0 rings (SSSR count). The fourth-order valence-corrected chi connectivity index (χ4v) is 1.55. The van der Waals surface area contributed by atoms with Crippen molar-refractivity contribution >= 4 is 11.8 Å². The Morgan fingerprint density at radius 2 is 1.71 bits per heavy atom. The molecule has 0 aromatic heterocycles. The molecule has 0 aliphatic rings. The van der Waals surface area contributed by atoms with E-state index in [1.165, 1.54) is 0 Å². The van der Waals surface area contributed by atoms with Gasteiger partial charge in [-0.2, -0.15) is 0 Å². The molecule has 0 aromatic carbocycles. The van der Waals surface area contributed by atoms with Crippen LogP contribution in [0.5, 0.6) is 0 Å². The molecule has 17 heavy (non-hydrogen) atoms. The highest BCUT2D eigenvalue weighted by Gasteiger charge is 2.18. The number of carbonyl (C=O) groups excluding carboxylic acids is 1. The van der Waals surface area contributed by atoms with Gasteiger partial charge in [-0.05, 0) is 24.8 Å². The van der Waals surface area contributed by atoms with Crippen LogP contribution in [0.2, 0.25) is 0 Å². The maximum atomic E-state index is 11.5. The predicted molar refractivity (Wildman–Crippen MR) is 68.0 cm³/mol. The van der Waals surface area contributed by atoms with Gasteiger partial charge in [0.25, 0.3) is 0 Å². The smallest absolute Gasteiger partial charge is 0.320 e. The van der Waals surface area contributed by atoms with Crippen LogP contribution in [0.4, 0.5) is 0 Å². The molecule has 1 atom stereocenters. The second-order valence-electron chi connectivity index (χ2n) is 5.37. The minimum Gasteiger partial charge on any atom is -0.480 e. The van der Waals surface area contributed by atoms with Crippen molar-refractivity contribution in [3.05, 3.63) is 0 Å². The van der Waals surface area contributed by atoms with E-state index in [9.17, 15) is 9.59 Å². The molecule has 4 heteroatoms. The van der Waals surface area contributed by atoms with Gasteiger partial charge in [-0.3, -0.25) is 9.59 Å². The highest BCUT2D eigenvalue weighted by molar-refractivity contribution is 5.80. The Kier molecular flexibility index (Phi) is 7.79. The van der Waals surface area contributed by atoms with Gasteiger partial charge < -0.3 is 10.4 Å². The Bertz CT molecular complexity index is 249. The van der Waals surface area contributed by atoms with Gasteiger partial charge in [-0.25, -0.2) is 0 Å². The molecule has 1 unspecified atom stereocenters. The highest BCUT2D eigenvalue weighted by Crippen LogP contribution is 2.07. The number of carbonyl (C=O) groups is 2. The Balaban J connectivity index is 4.00. The van der Waals surface area contributed by atoms with Crippen molar-refractivity contribution in [3.8, 4) is 0 Å². The number of carboxylic acid groups (broad SMARTS) is 1. The van der Waals surface area contributed by atoms with Crippen molar-refractivity contribution in [1.29, 1.82) is 0 Å². The Morgan fingerprint density at radius 3 is 2.12 bits per heavy atom. The third kappa shape index (κ3) is 8.86. The zero-order valence-electron chi connectivity index (χ0n) is 11.3. The van der Waals surface area contributed by atoms with Crippen molar-refractivity contribution in [2.45, 2.75) is 53.0 Å². The maximum absolute atomic E-state index is 11.5. The molecule has 0 heterocycles. The first-order chi connectivity index (χ1) is 7.82. The molecule has 2 N–H and O–H groups in total. The summed E-state index contributed by atoms with van der Waals surface area (Å²) in [6.45, 7) is 8.69. The van der Waals surface area contributed by atoms with Crippen LogP contribution in [0.1, 0.15) is 47.0 Å². The van der Waals surface area contributed by atoms with Crippen molar-refractivity contribution in [3.63, 3.8) is 0 Å². The van der Waals surface area contributed by atoms with Crippen LogP contribution in [-0.4, -0.2) is 29.4 Å². The van der Waals surface area contributed by atoms with Crippen LogP contribution >= 0.6 is 0 Å². The Labute approximate surface area is 104 Å². The van der Waals surface area contributed by atoms with Gasteiger partial charge in [0, 0.05) is 12.8 Å². The summed E-state index contributed by atoms with van der Waals surface area (Å²) < 4.78 is 0. The number of rotatable bonds is 9. The molecule has 0 spiro atoms. The number of Topliss-reactive ketones (excluding diaryl/α,β-unsaturated/α-hetero) is 1. The summed E-state index contributed by atoms with van der Waals surface area (Å²) in [7, 11) is 0. The van der Waals surface area contributed by atoms with Crippen LogP contribution < -0.4 is 5.32 Å². The van der Waals surface area contributed by atoms with E-state index in [2.05, 4.69) is 5.32 Å². The number of hydrogen-bond acceptors (Lipinski definition) is 3. The van der Waals surface area contributed by atoms with Gasteiger partial charge in [0.15, 0.2) is 0 Å². The summed E-state index contributed by atoms with van der Waals surface area (Å²) in [5.74, 6) is 0.0261. The lowest BCUT2D eigenvalue weighted by atomic mass is 10.0. The van der Waals surface area contributed by atoms with E-state index < -0.39 is 12.0 Å². The first-order valence-corrected chi connectivity index (χ1v) is 6.30. The topological polar surface area (TPSA) is 66.4 Å². The molecular formula is C13H25NO3. The second-order valence-corrected chi connectivity index (χ2v) is 5.37. The first-order valence-electron chi connectivity index (χ1n) is 6.30. The molecule has 100 valence electrons. The van der Waals surface area contributed by atoms with Crippen molar-refractivity contribution in [1.82, 2.24) is 5.32 Å². The van der Waals surface area contributed by atoms with E-state index in [4.69, 9.17) is 5.11 Å². The van der Waals surface area contributed by atoms with Crippen LogP contribution in [0.15, 0.2) is 0 Å². The number of nitrogens with one attached hydrogen (secondary N) is 1. The fourth-order valence-electron chi connectivity index (χ4n) is 1.55. The zero-order chi connectivity index (χ0) is 13.4. The number of carboxylic acids is 1. The third-order valence-electron chi connectivity index (χ3n) is 2.42. The average molecular weight is 243 g/mol. The van der Waals surface area contributed by atoms with E-state index in [1.54, 1.807) is 0 Å². The molecule has 0 amide bonds. The van der Waals surface area contributed by atoms with E-state index in [0.717, 1.165) is 0 Å². The molecule has 0 saturated carbocycles. The minimum absolute atomic E-state index is 0.151. The molecular weight excluding hydrogens is 218 g/mol. The van der Waals surface area contributed by atoms with Crippen LogP contribution in [0.3, 0.4) is 0 Å². The van der Waals surface area contributed by atoms with Crippen molar-refractivity contribution < 1.29 is 14.7 Å². The highest BCUT2D eigenvalue weighted by atomic mass is 16.4. The Hall–Kier alpha value is -0.900. The Morgan fingerprint density at radius 1 is 1.12 bits per heavy atom. The summed E-state index contributed by atoms with van der Waals surface area (Å²) in [5, 5.41) is 12.0. The number of hydrogen-bond donors (Lipinski definition) is 2. The molecule has 4 nitrogen and oxygen atoms in total. The van der Waals surface area contributed by atoms with E-state index in [1.807, 2.05) is 27.7 Å². The molecule has 0 saturated heterocycles. The van der Waals surface area contributed by atoms with Crippen LogP contribution in [-0.2, 0) is 9.59 Å². The summed E-state index contributed by atoms with van der Waals surface area (Å²) >= 11 is 0. The van der Waals surface area contributed by atoms with Gasteiger partial charge in [-0.1, -0.05) is 27.7 Å². The predicted octanol–water partition coefficient (Wildman–Crippen LogP) is 2.08. The molecule has 0 bridgehead atoms. The standard InChI is InChI=1S/C13H25NO3/c1-9(2)7-11(15)5-6-12(13(16)17)14-8-10(3)4/h9-10,12,14H,5-8H2,1-4H3,(H,16,17). The SMILES string of the molecule is CC(C)CNC(CCC(=O)CC(C)C)C(=O)O. The van der Waals surface area contributed by atoms with E-state index >= 15 is 0 Å². The number of ketones is 1. The summed E-state index contributed by atoms with van der Waals surface area (Å²) in [6, 6.07) is -0.603. The van der Waals surface area contributed by atoms with Crippen molar-refractivity contribution in [2.24, 2.45) is 11.8 Å². The molecule has 0 aromatic rings. The average Bonchev–Trinajstić information content (AvgIpc) is 2.15. The molecule has 0 fully saturated rings. The zero-order valence-corrected chi connectivity index (χ0v) is 11.3. The monoisotopic (exact) mass is 243 g/mol. The molecule has 0 radical (unpaired) electrons. The van der Waals surface area contributed by atoms with Crippen LogP contribution in [0, 0.1) is 11.8 Å². The number of aliphatic carboxylic acids is 1. The van der Waals surface area contributed by atoms with Gasteiger partial charge in [0.1, 0.15) is 11.8 Å². The summed E-state index contributed by atoms with van der Waals surface area (Å²) in [4.78, 5) is 22.5. The van der Waals surface area contributed by atoms with Gasteiger partial charge in [0.05, 0.1) is 0 Å². The van der Waals surface area contributed by atoms with Gasteiger partial charge in [0.2, 0.25) is 0 Å².